The van der Waals surface area contributed by atoms with Crippen LogP contribution in [-0.2, 0) is 11.2 Å². The van der Waals surface area contributed by atoms with Gasteiger partial charge in [-0.05, 0) is 24.6 Å². The summed E-state index contributed by atoms with van der Waals surface area (Å²) in [5, 5.41) is 11.0. The first kappa shape index (κ1) is 11.9. The molecule has 0 bridgehead atoms. The molecule has 3 heteroatoms. The van der Waals surface area contributed by atoms with Crippen molar-refractivity contribution in [2.24, 2.45) is 0 Å². The summed E-state index contributed by atoms with van der Waals surface area (Å²) in [5.41, 5.74) is 0.495. The molecule has 1 aromatic carbocycles. The van der Waals surface area contributed by atoms with Gasteiger partial charge in [-0.2, -0.15) is 0 Å². The van der Waals surface area contributed by atoms with Gasteiger partial charge in [0.2, 0.25) is 0 Å². The van der Waals surface area contributed by atoms with Gasteiger partial charge in [0.05, 0.1) is 11.7 Å². The zero-order chi connectivity index (χ0) is 11.6. The standard InChI is InChI=1S/C13H17ClO2/c1-2-16-12-8-13(15,9-12)7-10-4-3-5-11(14)6-10/h3-6,12,15H,2,7-9H2,1H3. The summed E-state index contributed by atoms with van der Waals surface area (Å²) in [5.74, 6) is 0. The summed E-state index contributed by atoms with van der Waals surface area (Å²) >= 11 is 5.91. The summed E-state index contributed by atoms with van der Waals surface area (Å²) in [6.45, 7) is 2.70. The molecule has 0 atom stereocenters. The van der Waals surface area contributed by atoms with Crippen molar-refractivity contribution in [3.05, 3.63) is 34.9 Å². The molecule has 1 aromatic rings. The van der Waals surface area contributed by atoms with Gasteiger partial charge in [-0.15, -0.1) is 0 Å². The average molecular weight is 241 g/mol. The summed E-state index contributed by atoms with van der Waals surface area (Å²) in [6.07, 6.45) is 2.35. The highest BCUT2D eigenvalue weighted by atomic mass is 35.5. The fourth-order valence-corrected chi connectivity index (χ4v) is 2.53. The number of aliphatic hydroxyl groups is 1. The second kappa shape index (κ2) is 4.74. The van der Waals surface area contributed by atoms with Gasteiger partial charge >= 0.3 is 0 Å². The molecule has 0 aliphatic heterocycles. The number of ether oxygens (including phenoxy) is 1. The summed E-state index contributed by atoms with van der Waals surface area (Å²) < 4.78 is 5.45. The van der Waals surface area contributed by atoms with Gasteiger partial charge in [-0.1, -0.05) is 23.7 Å². The lowest BCUT2D eigenvalue weighted by Gasteiger charge is -2.43. The largest absolute Gasteiger partial charge is 0.389 e. The minimum atomic E-state index is -0.593. The second-order valence-corrected chi connectivity index (χ2v) is 4.95. The van der Waals surface area contributed by atoms with E-state index in [-0.39, 0.29) is 6.10 Å². The van der Waals surface area contributed by atoms with E-state index in [1.54, 1.807) is 0 Å². The highest BCUT2D eigenvalue weighted by molar-refractivity contribution is 6.30. The Labute approximate surface area is 101 Å². The summed E-state index contributed by atoms with van der Waals surface area (Å²) in [4.78, 5) is 0. The van der Waals surface area contributed by atoms with Gasteiger partial charge in [0, 0.05) is 30.9 Å². The van der Waals surface area contributed by atoms with Crippen molar-refractivity contribution in [3.63, 3.8) is 0 Å². The van der Waals surface area contributed by atoms with E-state index in [2.05, 4.69) is 0 Å². The summed E-state index contributed by atoms with van der Waals surface area (Å²) in [7, 11) is 0. The van der Waals surface area contributed by atoms with Gasteiger partial charge in [0.1, 0.15) is 0 Å². The van der Waals surface area contributed by atoms with Crippen molar-refractivity contribution in [2.75, 3.05) is 6.61 Å². The van der Waals surface area contributed by atoms with Crippen LogP contribution < -0.4 is 0 Å². The van der Waals surface area contributed by atoms with E-state index in [1.807, 2.05) is 31.2 Å². The number of halogens is 1. The first-order valence-electron chi connectivity index (χ1n) is 5.70. The van der Waals surface area contributed by atoms with Gasteiger partial charge in [-0.25, -0.2) is 0 Å². The van der Waals surface area contributed by atoms with E-state index >= 15 is 0 Å². The Bertz CT molecular complexity index is 359. The third kappa shape index (κ3) is 2.76. The fraction of sp³-hybridized carbons (Fsp3) is 0.538. The molecule has 1 N–H and O–H groups in total. The Morgan fingerprint density at radius 1 is 1.50 bits per heavy atom. The van der Waals surface area contributed by atoms with Crippen LogP contribution >= 0.6 is 11.6 Å². The van der Waals surface area contributed by atoms with Crippen molar-refractivity contribution in [3.8, 4) is 0 Å². The third-order valence-corrected chi connectivity index (χ3v) is 3.27. The maximum atomic E-state index is 10.2. The fourth-order valence-electron chi connectivity index (χ4n) is 2.31. The molecule has 1 aliphatic carbocycles. The van der Waals surface area contributed by atoms with Crippen molar-refractivity contribution < 1.29 is 9.84 Å². The Morgan fingerprint density at radius 2 is 2.25 bits per heavy atom. The average Bonchev–Trinajstić information content (AvgIpc) is 2.15. The quantitative estimate of drug-likeness (QED) is 0.877. The van der Waals surface area contributed by atoms with Crippen molar-refractivity contribution in [2.45, 2.75) is 37.9 Å². The SMILES string of the molecule is CCOC1CC(O)(Cc2cccc(Cl)c2)C1. The van der Waals surface area contributed by atoms with Gasteiger partial charge < -0.3 is 9.84 Å². The van der Waals surface area contributed by atoms with E-state index in [4.69, 9.17) is 16.3 Å². The normalized spacial score (nSPS) is 28.8. The molecule has 0 saturated heterocycles. The molecule has 0 spiro atoms. The summed E-state index contributed by atoms with van der Waals surface area (Å²) in [6, 6.07) is 7.67. The molecule has 2 nitrogen and oxygen atoms in total. The lowest BCUT2D eigenvalue weighted by atomic mass is 9.73. The van der Waals surface area contributed by atoms with E-state index in [0.29, 0.717) is 6.42 Å². The molecule has 1 fully saturated rings. The number of benzene rings is 1. The highest BCUT2D eigenvalue weighted by Crippen LogP contribution is 2.37. The van der Waals surface area contributed by atoms with Crippen LogP contribution in [0.5, 0.6) is 0 Å². The Morgan fingerprint density at radius 3 is 2.88 bits per heavy atom. The highest BCUT2D eigenvalue weighted by Gasteiger charge is 2.42. The topological polar surface area (TPSA) is 29.5 Å². The Hall–Kier alpha value is -0.570. The third-order valence-electron chi connectivity index (χ3n) is 3.04. The molecule has 88 valence electrons. The minimum absolute atomic E-state index is 0.231. The van der Waals surface area contributed by atoms with Crippen LogP contribution in [0.15, 0.2) is 24.3 Å². The van der Waals surface area contributed by atoms with Crippen molar-refractivity contribution >= 4 is 11.6 Å². The van der Waals surface area contributed by atoms with Crippen LogP contribution in [0.4, 0.5) is 0 Å². The lowest BCUT2D eigenvalue weighted by Crippen LogP contribution is -2.49. The smallest absolute Gasteiger partial charge is 0.0737 e. The maximum absolute atomic E-state index is 10.2. The van der Waals surface area contributed by atoms with E-state index in [9.17, 15) is 5.11 Å². The molecule has 0 aromatic heterocycles. The minimum Gasteiger partial charge on any atom is -0.389 e. The van der Waals surface area contributed by atoms with Crippen LogP contribution in [0, 0.1) is 0 Å². The molecule has 1 saturated carbocycles. The van der Waals surface area contributed by atoms with Crippen LogP contribution in [0.2, 0.25) is 5.02 Å². The van der Waals surface area contributed by atoms with E-state index < -0.39 is 5.60 Å². The molecule has 0 radical (unpaired) electrons. The Kier molecular flexibility index (Phi) is 3.53. The predicted octanol–water partition coefficient (Wildman–Crippen LogP) is 2.81. The molecular formula is C13H17ClO2. The monoisotopic (exact) mass is 240 g/mol. The number of rotatable bonds is 4. The van der Waals surface area contributed by atoms with Crippen molar-refractivity contribution in [1.82, 2.24) is 0 Å². The number of hydrogen-bond acceptors (Lipinski definition) is 2. The first-order valence-corrected chi connectivity index (χ1v) is 6.07. The zero-order valence-electron chi connectivity index (χ0n) is 9.45. The predicted molar refractivity (Wildman–Crippen MR) is 64.8 cm³/mol. The molecule has 1 aliphatic rings. The molecule has 16 heavy (non-hydrogen) atoms. The Balaban J connectivity index is 1.91. The van der Waals surface area contributed by atoms with E-state index in [0.717, 1.165) is 30.0 Å². The zero-order valence-corrected chi connectivity index (χ0v) is 10.2. The first-order chi connectivity index (χ1) is 7.61. The molecule has 0 heterocycles. The van der Waals surface area contributed by atoms with Crippen LogP contribution in [0.3, 0.4) is 0 Å². The second-order valence-electron chi connectivity index (χ2n) is 4.52. The molecule has 0 unspecified atom stereocenters. The molecule has 2 rings (SSSR count). The lowest BCUT2D eigenvalue weighted by molar-refractivity contribution is -0.136. The number of hydrogen-bond donors (Lipinski definition) is 1. The maximum Gasteiger partial charge on any atom is 0.0737 e. The molecule has 0 amide bonds. The van der Waals surface area contributed by atoms with Gasteiger partial charge in [0.15, 0.2) is 0 Å². The van der Waals surface area contributed by atoms with Gasteiger partial charge in [0.25, 0.3) is 0 Å². The van der Waals surface area contributed by atoms with E-state index in [1.165, 1.54) is 0 Å². The molecular weight excluding hydrogens is 224 g/mol. The van der Waals surface area contributed by atoms with Gasteiger partial charge in [-0.3, -0.25) is 0 Å². The van der Waals surface area contributed by atoms with Crippen LogP contribution in [0.25, 0.3) is 0 Å². The van der Waals surface area contributed by atoms with Crippen LogP contribution in [0.1, 0.15) is 25.3 Å². The van der Waals surface area contributed by atoms with Crippen LogP contribution in [-0.4, -0.2) is 23.4 Å². The van der Waals surface area contributed by atoms with Crippen molar-refractivity contribution in [1.29, 1.82) is 0 Å².